The fraction of sp³-hybridized carbons (Fsp3) is 0.552. The van der Waals surface area contributed by atoms with Crippen molar-refractivity contribution in [2.45, 2.75) is 55.5 Å². The molecule has 0 bridgehead atoms. The summed E-state index contributed by atoms with van der Waals surface area (Å²) in [6, 6.07) is 1.72. The fourth-order valence-corrected chi connectivity index (χ4v) is 7.52. The van der Waals surface area contributed by atoms with Crippen LogP contribution in [0.5, 0.6) is 11.9 Å². The summed E-state index contributed by atoms with van der Waals surface area (Å²) in [5.41, 5.74) is 1.52. The van der Waals surface area contributed by atoms with Gasteiger partial charge in [0.1, 0.15) is 41.8 Å². The quantitative estimate of drug-likeness (QED) is 0.296. The average molecular weight is 641 g/mol. The highest BCUT2D eigenvalue weighted by atomic mass is 35.5. The number of hydrogen-bond acceptors (Lipinski definition) is 9. The third-order valence-electron chi connectivity index (χ3n) is 9.40. The van der Waals surface area contributed by atoms with Crippen molar-refractivity contribution < 1.29 is 36.2 Å². The Labute approximate surface area is 254 Å². The van der Waals surface area contributed by atoms with E-state index in [4.69, 9.17) is 31.5 Å². The maximum Gasteiger partial charge on any atom is 0.418 e. The highest BCUT2D eigenvalue weighted by Gasteiger charge is 2.50. The predicted molar refractivity (Wildman–Crippen MR) is 152 cm³/mol. The summed E-state index contributed by atoms with van der Waals surface area (Å²) < 4.78 is 91.7. The van der Waals surface area contributed by atoms with E-state index < -0.39 is 51.1 Å². The van der Waals surface area contributed by atoms with Crippen molar-refractivity contribution in [3.63, 3.8) is 0 Å². The summed E-state index contributed by atoms with van der Waals surface area (Å²) >= 11 is 6.00. The first-order chi connectivity index (χ1) is 20.9. The number of nitrogen functional groups attached to an aromatic ring is 1. The topological polar surface area (TPSA) is 98.9 Å². The standard InChI is InChI=1S/C29H30ClF5N6O3/c1-40-24-19-23(38-26(39-24)44-13-27-4-2-6-41(27)11-15(31)10-27)21(32)22(17-8-16(36)9-18(30)20(17)29(33,34)35)37-25(19)43-14-28(40)5-3-7-42-12-28/h8-9,15H,2-7,10-14,36H2,1H3/t15-,27+,28?/m1/s1. The molecule has 3 fully saturated rings. The molecule has 3 saturated heterocycles. The summed E-state index contributed by atoms with van der Waals surface area (Å²) in [7, 11) is 1.77. The van der Waals surface area contributed by atoms with E-state index in [2.05, 4.69) is 19.9 Å². The highest BCUT2D eigenvalue weighted by Crippen LogP contribution is 2.47. The van der Waals surface area contributed by atoms with Gasteiger partial charge in [0.25, 0.3) is 0 Å². The van der Waals surface area contributed by atoms with Crippen molar-refractivity contribution in [2.24, 2.45) is 0 Å². The number of likely N-dealkylation sites (N-methyl/N-ethyl adjacent to an activating group) is 1. The first kappa shape index (κ1) is 29.5. The molecule has 0 aliphatic carbocycles. The van der Waals surface area contributed by atoms with Crippen LogP contribution in [0.15, 0.2) is 12.1 Å². The molecule has 0 radical (unpaired) electrons. The Bertz CT molecular complexity index is 1640. The molecule has 0 amide bonds. The number of ether oxygens (including phenoxy) is 3. The summed E-state index contributed by atoms with van der Waals surface area (Å²) in [6.07, 6.45) is -2.66. The van der Waals surface area contributed by atoms with Gasteiger partial charge in [-0.2, -0.15) is 23.1 Å². The SMILES string of the molecule is CN1c2nc(OC[C@@]34CCCN3C[C@H](F)C4)nc3c(F)c(-c4cc(N)cc(Cl)c4C(F)(F)F)nc(c23)OCC12CCCOC2. The van der Waals surface area contributed by atoms with Gasteiger partial charge in [-0.1, -0.05) is 11.6 Å². The molecular weight excluding hydrogens is 611 g/mol. The van der Waals surface area contributed by atoms with E-state index in [1.54, 1.807) is 7.05 Å². The number of fused-ring (bicyclic) bond motifs is 1. The van der Waals surface area contributed by atoms with Crippen LogP contribution in [0.2, 0.25) is 5.02 Å². The molecule has 0 saturated carbocycles. The molecule has 9 nitrogen and oxygen atoms in total. The minimum atomic E-state index is -4.95. The summed E-state index contributed by atoms with van der Waals surface area (Å²) in [6.45, 7) is 2.00. The van der Waals surface area contributed by atoms with Crippen LogP contribution in [0.4, 0.5) is 33.5 Å². The van der Waals surface area contributed by atoms with Gasteiger partial charge in [0.05, 0.1) is 28.3 Å². The molecule has 44 heavy (non-hydrogen) atoms. The second-order valence-corrected chi connectivity index (χ2v) is 12.6. The van der Waals surface area contributed by atoms with Crippen LogP contribution in [0, 0.1) is 5.82 Å². The van der Waals surface area contributed by atoms with Crippen molar-refractivity contribution >= 4 is 34.0 Å². The number of nitrogens with zero attached hydrogens (tertiary/aromatic N) is 5. The number of aromatic nitrogens is 3. The third-order valence-corrected chi connectivity index (χ3v) is 9.70. The molecule has 2 aromatic heterocycles. The fourth-order valence-electron chi connectivity index (χ4n) is 7.18. The van der Waals surface area contributed by atoms with E-state index in [1.165, 1.54) is 0 Å². The number of nitrogens with two attached hydrogens (primary N) is 1. The minimum absolute atomic E-state index is 0.0446. The van der Waals surface area contributed by atoms with E-state index in [0.29, 0.717) is 32.4 Å². The monoisotopic (exact) mass is 640 g/mol. The Morgan fingerprint density at radius 1 is 1.16 bits per heavy atom. The molecule has 1 aromatic carbocycles. The largest absolute Gasteiger partial charge is 0.474 e. The van der Waals surface area contributed by atoms with Gasteiger partial charge >= 0.3 is 12.2 Å². The lowest BCUT2D eigenvalue weighted by Crippen LogP contribution is -2.56. The Morgan fingerprint density at radius 3 is 2.73 bits per heavy atom. The smallest absolute Gasteiger partial charge is 0.418 e. The van der Waals surface area contributed by atoms with E-state index in [-0.39, 0.29) is 54.1 Å². The van der Waals surface area contributed by atoms with Gasteiger partial charge in [0, 0.05) is 37.9 Å². The zero-order valence-electron chi connectivity index (χ0n) is 23.8. The maximum atomic E-state index is 16.6. The summed E-state index contributed by atoms with van der Waals surface area (Å²) in [4.78, 5) is 17.2. The molecule has 6 heterocycles. The van der Waals surface area contributed by atoms with Crippen molar-refractivity contribution in [3.05, 3.63) is 28.5 Å². The van der Waals surface area contributed by atoms with Gasteiger partial charge in [0.15, 0.2) is 5.82 Å². The Kier molecular flexibility index (Phi) is 6.98. The number of benzene rings is 1. The number of anilines is 2. The molecule has 236 valence electrons. The van der Waals surface area contributed by atoms with Gasteiger partial charge in [-0.25, -0.2) is 13.8 Å². The Morgan fingerprint density at radius 2 is 1.98 bits per heavy atom. The Balaban J connectivity index is 1.41. The van der Waals surface area contributed by atoms with Gasteiger partial charge in [-0.05, 0) is 44.4 Å². The molecule has 1 unspecified atom stereocenters. The normalized spacial score (nSPS) is 27.1. The Hall–Kier alpha value is -3.23. The lowest BCUT2D eigenvalue weighted by molar-refractivity contribution is -0.137. The molecule has 3 atom stereocenters. The molecule has 2 N–H and O–H groups in total. The van der Waals surface area contributed by atoms with E-state index in [1.807, 2.05) is 4.90 Å². The number of halogens is 6. The molecular formula is C29H30ClF5N6O3. The molecule has 15 heteroatoms. The predicted octanol–water partition coefficient (Wildman–Crippen LogP) is 5.42. The van der Waals surface area contributed by atoms with Crippen LogP contribution in [0.25, 0.3) is 22.2 Å². The first-order valence-corrected chi connectivity index (χ1v) is 14.8. The number of pyridine rings is 1. The third kappa shape index (κ3) is 4.67. The molecule has 4 aliphatic rings. The first-order valence-electron chi connectivity index (χ1n) is 14.4. The highest BCUT2D eigenvalue weighted by molar-refractivity contribution is 6.32. The number of rotatable bonds is 4. The maximum absolute atomic E-state index is 16.6. The lowest BCUT2D eigenvalue weighted by atomic mass is 9.91. The number of hydrogen-bond donors (Lipinski definition) is 1. The van der Waals surface area contributed by atoms with Gasteiger partial charge in [-0.15, -0.1) is 0 Å². The minimum Gasteiger partial charge on any atom is -0.474 e. The molecule has 3 aromatic rings. The molecule has 1 spiro atoms. The van der Waals surface area contributed by atoms with Crippen LogP contribution >= 0.6 is 11.6 Å². The summed E-state index contributed by atoms with van der Waals surface area (Å²) in [5, 5.41) is -0.619. The zero-order valence-corrected chi connectivity index (χ0v) is 24.6. The van der Waals surface area contributed by atoms with Crippen LogP contribution in [-0.4, -0.2) is 83.7 Å². The van der Waals surface area contributed by atoms with Crippen LogP contribution in [0.1, 0.15) is 37.7 Å². The van der Waals surface area contributed by atoms with Crippen molar-refractivity contribution in [2.75, 3.05) is 57.2 Å². The lowest BCUT2D eigenvalue weighted by Gasteiger charge is -2.43. The van der Waals surface area contributed by atoms with Gasteiger partial charge in [-0.3, -0.25) is 4.90 Å². The van der Waals surface area contributed by atoms with E-state index >= 15 is 4.39 Å². The van der Waals surface area contributed by atoms with E-state index in [9.17, 15) is 17.6 Å². The van der Waals surface area contributed by atoms with Crippen LogP contribution in [0.3, 0.4) is 0 Å². The second kappa shape index (κ2) is 10.4. The van der Waals surface area contributed by atoms with Crippen molar-refractivity contribution in [1.29, 1.82) is 0 Å². The average Bonchev–Trinajstić information content (AvgIpc) is 3.46. The van der Waals surface area contributed by atoms with Gasteiger partial charge < -0.3 is 24.8 Å². The second-order valence-electron chi connectivity index (χ2n) is 12.1. The van der Waals surface area contributed by atoms with Crippen LogP contribution < -0.4 is 20.1 Å². The van der Waals surface area contributed by atoms with E-state index in [0.717, 1.165) is 31.5 Å². The van der Waals surface area contributed by atoms with Gasteiger partial charge in [0.2, 0.25) is 5.88 Å². The molecule has 7 rings (SSSR count). The van der Waals surface area contributed by atoms with Crippen molar-refractivity contribution in [3.8, 4) is 23.1 Å². The van der Waals surface area contributed by atoms with Crippen molar-refractivity contribution in [1.82, 2.24) is 19.9 Å². The zero-order chi connectivity index (χ0) is 31.0. The molecule has 4 aliphatic heterocycles. The summed E-state index contributed by atoms with van der Waals surface area (Å²) in [5.74, 6) is -1.06. The number of alkyl halides is 4. The van der Waals surface area contributed by atoms with Crippen LogP contribution in [-0.2, 0) is 10.9 Å².